The Balaban J connectivity index is 2.23. The van der Waals surface area contributed by atoms with Gasteiger partial charge in [-0.1, -0.05) is 30.3 Å². The van der Waals surface area contributed by atoms with Crippen LogP contribution in [0.2, 0.25) is 0 Å². The first kappa shape index (κ1) is 13.7. The molecule has 0 amide bonds. The third-order valence-corrected chi connectivity index (χ3v) is 5.35. The van der Waals surface area contributed by atoms with Crippen molar-refractivity contribution in [2.75, 3.05) is 7.05 Å². The van der Waals surface area contributed by atoms with Crippen molar-refractivity contribution in [2.45, 2.75) is 6.04 Å². The molecule has 0 aliphatic heterocycles. The van der Waals surface area contributed by atoms with E-state index in [9.17, 15) is 4.39 Å². The van der Waals surface area contributed by atoms with E-state index < -0.39 is 0 Å². The molecule has 0 saturated heterocycles. The number of nitrogens with one attached hydrogen (secondary N) is 1. The highest BCUT2D eigenvalue weighted by molar-refractivity contribution is 9.10. The molecule has 3 rings (SSSR count). The smallest absolute Gasteiger partial charge is 0.131 e. The van der Waals surface area contributed by atoms with Gasteiger partial charge in [0.25, 0.3) is 0 Å². The minimum atomic E-state index is -0.176. The van der Waals surface area contributed by atoms with Crippen LogP contribution in [0.1, 0.15) is 16.5 Å². The monoisotopic (exact) mass is 349 g/mol. The summed E-state index contributed by atoms with van der Waals surface area (Å²) in [4.78, 5) is 1.20. The molecule has 1 N–H and O–H groups in total. The Hall–Kier alpha value is -1.23. The minimum absolute atomic E-state index is 0.0508. The second-order valence-electron chi connectivity index (χ2n) is 4.54. The molecule has 1 heterocycles. The molecule has 20 heavy (non-hydrogen) atoms. The SMILES string of the molecule is CNC(c1sccc1Br)c1ccc(F)c2ccccc12. The van der Waals surface area contributed by atoms with E-state index >= 15 is 0 Å². The van der Waals surface area contributed by atoms with E-state index in [1.165, 1.54) is 4.88 Å². The maximum atomic E-state index is 13.9. The highest BCUT2D eigenvalue weighted by Crippen LogP contribution is 2.36. The minimum Gasteiger partial charge on any atom is -0.309 e. The summed E-state index contributed by atoms with van der Waals surface area (Å²) in [5.41, 5.74) is 1.09. The van der Waals surface area contributed by atoms with Crippen molar-refractivity contribution >= 4 is 38.0 Å². The van der Waals surface area contributed by atoms with E-state index in [4.69, 9.17) is 0 Å². The summed E-state index contributed by atoms with van der Waals surface area (Å²) in [6, 6.07) is 13.1. The standard InChI is InChI=1S/C16H13BrFNS/c1-19-15(16-13(17)8-9-20-16)12-6-7-14(18)11-5-3-2-4-10(11)12/h2-9,15,19H,1H3. The van der Waals surface area contributed by atoms with Gasteiger partial charge in [-0.05, 0) is 51.4 Å². The Kier molecular flexibility index (Phi) is 3.87. The normalized spacial score (nSPS) is 12.8. The zero-order valence-electron chi connectivity index (χ0n) is 10.9. The van der Waals surface area contributed by atoms with Gasteiger partial charge in [0.05, 0.1) is 6.04 Å². The van der Waals surface area contributed by atoms with Crippen LogP contribution in [-0.2, 0) is 0 Å². The fourth-order valence-electron chi connectivity index (χ4n) is 2.48. The van der Waals surface area contributed by atoms with E-state index in [2.05, 4.69) is 26.6 Å². The summed E-state index contributed by atoms with van der Waals surface area (Å²) in [5.74, 6) is -0.176. The van der Waals surface area contributed by atoms with Crippen molar-refractivity contribution in [2.24, 2.45) is 0 Å². The van der Waals surface area contributed by atoms with Crippen LogP contribution in [0.4, 0.5) is 4.39 Å². The van der Waals surface area contributed by atoms with Gasteiger partial charge in [0, 0.05) is 14.7 Å². The van der Waals surface area contributed by atoms with Gasteiger partial charge >= 0.3 is 0 Å². The van der Waals surface area contributed by atoms with E-state index in [0.29, 0.717) is 5.39 Å². The van der Waals surface area contributed by atoms with Crippen LogP contribution in [0.25, 0.3) is 10.8 Å². The van der Waals surface area contributed by atoms with Gasteiger partial charge < -0.3 is 5.32 Å². The lowest BCUT2D eigenvalue weighted by Crippen LogP contribution is -2.17. The number of fused-ring (bicyclic) bond motifs is 1. The zero-order chi connectivity index (χ0) is 14.1. The quantitative estimate of drug-likeness (QED) is 0.692. The second-order valence-corrected chi connectivity index (χ2v) is 6.34. The van der Waals surface area contributed by atoms with E-state index in [0.717, 1.165) is 15.4 Å². The summed E-state index contributed by atoms with van der Waals surface area (Å²) in [6.07, 6.45) is 0. The summed E-state index contributed by atoms with van der Waals surface area (Å²) in [6.45, 7) is 0. The predicted molar refractivity (Wildman–Crippen MR) is 86.8 cm³/mol. The Morgan fingerprint density at radius 2 is 1.85 bits per heavy atom. The van der Waals surface area contributed by atoms with Gasteiger partial charge in [0.2, 0.25) is 0 Å². The van der Waals surface area contributed by atoms with Gasteiger partial charge in [-0.3, -0.25) is 0 Å². The van der Waals surface area contributed by atoms with Gasteiger partial charge in [0.1, 0.15) is 5.82 Å². The summed E-state index contributed by atoms with van der Waals surface area (Å²) in [7, 11) is 1.93. The Morgan fingerprint density at radius 1 is 1.10 bits per heavy atom. The van der Waals surface area contributed by atoms with E-state index in [1.54, 1.807) is 17.4 Å². The summed E-state index contributed by atoms with van der Waals surface area (Å²) in [5, 5.41) is 7.00. The van der Waals surface area contributed by atoms with E-state index in [1.807, 2.05) is 43.4 Å². The molecule has 1 atom stereocenters. The number of halogens is 2. The maximum Gasteiger partial charge on any atom is 0.131 e. The zero-order valence-corrected chi connectivity index (χ0v) is 13.3. The largest absolute Gasteiger partial charge is 0.309 e. The number of rotatable bonds is 3. The molecule has 0 saturated carbocycles. The first-order chi connectivity index (χ1) is 9.72. The molecule has 1 unspecified atom stereocenters. The van der Waals surface area contributed by atoms with Crippen molar-refractivity contribution in [1.29, 1.82) is 0 Å². The summed E-state index contributed by atoms with van der Waals surface area (Å²) >= 11 is 5.27. The number of hydrogen-bond donors (Lipinski definition) is 1. The Labute approximate surface area is 129 Å². The Bertz CT molecular complexity index is 753. The summed E-state index contributed by atoms with van der Waals surface area (Å²) < 4.78 is 15.0. The molecule has 102 valence electrons. The molecule has 1 nitrogen and oxygen atoms in total. The number of thiophene rings is 1. The van der Waals surface area contributed by atoms with Crippen molar-refractivity contribution in [3.8, 4) is 0 Å². The molecule has 0 aliphatic carbocycles. The van der Waals surface area contributed by atoms with Gasteiger partial charge in [-0.15, -0.1) is 11.3 Å². The van der Waals surface area contributed by atoms with E-state index in [-0.39, 0.29) is 11.9 Å². The van der Waals surface area contributed by atoms with Crippen LogP contribution in [-0.4, -0.2) is 7.05 Å². The molecule has 0 spiro atoms. The average Bonchev–Trinajstić information content (AvgIpc) is 2.89. The molecule has 3 aromatic rings. The second kappa shape index (κ2) is 5.64. The molecule has 1 aromatic heterocycles. The third-order valence-electron chi connectivity index (χ3n) is 3.41. The molecule has 0 aliphatic rings. The fraction of sp³-hybridized carbons (Fsp3) is 0.125. The van der Waals surface area contributed by atoms with Crippen LogP contribution in [0.15, 0.2) is 52.3 Å². The molecular weight excluding hydrogens is 337 g/mol. The highest BCUT2D eigenvalue weighted by Gasteiger charge is 2.19. The van der Waals surface area contributed by atoms with Crippen molar-refractivity contribution in [3.05, 3.63) is 68.6 Å². The third kappa shape index (κ3) is 2.28. The van der Waals surface area contributed by atoms with Crippen molar-refractivity contribution in [3.63, 3.8) is 0 Å². The van der Waals surface area contributed by atoms with Gasteiger partial charge in [0.15, 0.2) is 0 Å². The number of hydrogen-bond acceptors (Lipinski definition) is 2. The molecule has 2 aromatic carbocycles. The van der Waals surface area contributed by atoms with Crippen LogP contribution in [0.5, 0.6) is 0 Å². The first-order valence-corrected chi connectivity index (χ1v) is 7.97. The predicted octanol–water partition coefficient (Wildman–Crippen LogP) is 5.11. The van der Waals surface area contributed by atoms with Gasteiger partial charge in [-0.2, -0.15) is 0 Å². The fourth-order valence-corrected chi connectivity index (χ4v) is 4.21. The van der Waals surface area contributed by atoms with Crippen molar-refractivity contribution < 1.29 is 4.39 Å². The van der Waals surface area contributed by atoms with Crippen LogP contribution < -0.4 is 5.32 Å². The molecule has 4 heteroatoms. The molecule has 0 radical (unpaired) electrons. The maximum absolute atomic E-state index is 13.9. The molecule has 0 fully saturated rings. The number of benzene rings is 2. The lowest BCUT2D eigenvalue weighted by Gasteiger charge is -2.18. The Morgan fingerprint density at radius 3 is 2.50 bits per heavy atom. The topological polar surface area (TPSA) is 12.0 Å². The van der Waals surface area contributed by atoms with Gasteiger partial charge in [-0.25, -0.2) is 4.39 Å². The van der Waals surface area contributed by atoms with Crippen LogP contribution in [0.3, 0.4) is 0 Å². The first-order valence-electron chi connectivity index (χ1n) is 6.29. The van der Waals surface area contributed by atoms with Crippen LogP contribution in [0, 0.1) is 5.82 Å². The highest BCUT2D eigenvalue weighted by atomic mass is 79.9. The lowest BCUT2D eigenvalue weighted by atomic mass is 9.97. The van der Waals surface area contributed by atoms with Crippen molar-refractivity contribution in [1.82, 2.24) is 5.32 Å². The molecular formula is C16H13BrFNS. The lowest BCUT2D eigenvalue weighted by molar-refractivity contribution is 0.637. The average molecular weight is 350 g/mol. The molecule has 0 bridgehead atoms. The van der Waals surface area contributed by atoms with Crippen LogP contribution >= 0.6 is 27.3 Å².